The highest BCUT2D eigenvalue weighted by Gasteiger charge is 2.15. The molecule has 0 aliphatic heterocycles. The second-order valence-corrected chi connectivity index (χ2v) is 5.76. The summed E-state index contributed by atoms with van der Waals surface area (Å²) in [5, 5.41) is 8.70. The summed E-state index contributed by atoms with van der Waals surface area (Å²) in [5.74, 6) is 0.853. The highest BCUT2D eigenvalue weighted by molar-refractivity contribution is 7.80. The van der Waals surface area contributed by atoms with Gasteiger partial charge in [-0.15, -0.1) is 11.3 Å². The van der Waals surface area contributed by atoms with Crippen molar-refractivity contribution >= 4 is 34.4 Å². The molecule has 2 aromatic rings. The Morgan fingerprint density at radius 1 is 1.56 bits per heavy atom. The Morgan fingerprint density at radius 2 is 2.28 bits per heavy atom. The Balaban J connectivity index is 2.21. The van der Waals surface area contributed by atoms with Crippen LogP contribution in [0.15, 0.2) is 6.20 Å². The molecule has 2 rings (SSSR count). The van der Waals surface area contributed by atoms with Gasteiger partial charge in [0.15, 0.2) is 0 Å². The van der Waals surface area contributed by atoms with Crippen LogP contribution in [0.2, 0.25) is 0 Å². The fourth-order valence-electron chi connectivity index (χ4n) is 1.81. The highest BCUT2D eigenvalue weighted by atomic mass is 32.1. The maximum absolute atomic E-state index is 5.73. The largest absolute Gasteiger partial charge is 0.389 e. The Bertz CT molecular complexity index is 584. The molecule has 3 N–H and O–H groups in total. The van der Waals surface area contributed by atoms with E-state index in [9.17, 15) is 0 Å². The van der Waals surface area contributed by atoms with E-state index in [0.717, 1.165) is 22.1 Å². The molecule has 0 radical (unpaired) electrons. The second-order valence-electron chi connectivity index (χ2n) is 4.00. The van der Waals surface area contributed by atoms with Crippen LogP contribution in [0.25, 0.3) is 0 Å². The average molecular weight is 281 g/mol. The first-order chi connectivity index (χ1) is 8.49. The number of hydrogen-bond acceptors (Lipinski definition) is 5. The van der Waals surface area contributed by atoms with Crippen LogP contribution < -0.4 is 11.1 Å². The van der Waals surface area contributed by atoms with Crippen LogP contribution in [0, 0.1) is 13.8 Å². The number of nitrogens with zero attached hydrogens (tertiary/aromatic N) is 3. The fourth-order valence-corrected chi connectivity index (χ4v) is 2.79. The summed E-state index contributed by atoms with van der Waals surface area (Å²) in [6.07, 6.45) is 1.87. The van der Waals surface area contributed by atoms with Crippen molar-refractivity contribution in [1.82, 2.24) is 14.8 Å². The van der Waals surface area contributed by atoms with Crippen molar-refractivity contribution in [3.8, 4) is 0 Å². The predicted octanol–water partition coefficient (Wildman–Crippen LogP) is 1.74. The standard InChI is InChI=1S/C11H15N5S2/c1-6-9(10(12)17)11(16(3)15-6)14-5-8-4-13-7(2)18-8/h4,14H,5H2,1-3H3,(H2,12,17). The molecule has 0 saturated heterocycles. The van der Waals surface area contributed by atoms with Gasteiger partial charge < -0.3 is 11.1 Å². The molecule has 0 unspecified atom stereocenters. The molecule has 96 valence electrons. The predicted molar refractivity (Wildman–Crippen MR) is 78.0 cm³/mol. The summed E-state index contributed by atoms with van der Waals surface area (Å²) < 4.78 is 1.76. The third-order valence-electron chi connectivity index (χ3n) is 2.57. The Morgan fingerprint density at radius 3 is 2.83 bits per heavy atom. The summed E-state index contributed by atoms with van der Waals surface area (Å²) in [6.45, 7) is 4.58. The van der Waals surface area contributed by atoms with Crippen molar-refractivity contribution in [1.29, 1.82) is 0 Å². The van der Waals surface area contributed by atoms with Gasteiger partial charge in [-0.25, -0.2) is 4.98 Å². The van der Waals surface area contributed by atoms with E-state index in [4.69, 9.17) is 18.0 Å². The first-order valence-electron chi connectivity index (χ1n) is 5.47. The number of rotatable bonds is 4. The number of hydrogen-bond donors (Lipinski definition) is 2. The lowest BCUT2D eigenvalue weighted by molar-refractivity contribution is 0.758. The zero-order chi connectivity index (χ0) is 13.3. The molecule has 0 fully saturated rings. The monoisotopic (exact) mass is 281 g/mol. The van der Waals surface area contributed by atoms with Crippen molar-refractivity contribution in [2.45, 2.75) is 20.4 Å². The molecule has 0 aliphatic rings. The maximum Gasteiger partial charge on any atom is 0.134 e. The van der Waals surface area contributed by atoms with Crippen LogP contribution in [-0.2, 0) is 13.6 Å². The molecule has 2 heterocycles. The van der Waals surface area contributed by atoms with Crippen molar-refractivity contribution < 1.29 is 0 Å². The molecule has 0 bridgehead atoms. The molecule has 18 heavy (non-hydrogen) atoms. The number of aryl methyl sites for hydroxylation is 3. The number of aromatic nitrogens is 3. The Kier molecular flexibility index (Phi) is 3.63. The van der Waals surface area contributed by atoms with E-state index in [0.29, 0.717) is 11.5 Å². The van der Waals surface area contributed by atoms with Gasteiger partial charge in [-0.2, -0.15) is 5.10 Å². The molecule has 5 nitrogen and oxygen atoms in total. The maximum atomic E-state index is 5.73. The van der Waals surface area contributed by atoms with Gasteiger partial charge in [0.25, 0.3) is 0 Å². The van der Waals surface area contributed by atoms with Gasteiger partial charge in [0.2, 0.25) is 0 Å². The van der Waals surface area contributed by atoms with Gasteiger partial charge in [-0.1, -0.05) is 12.2 Å². The van der Waals surface area contributed by atoms with E-state index >= 15 is 0 Å². The van der Waals surface area contributed by atoms with Gasteiger partial charge in [-0.05, 0) is 13.8 Å². The molecule has 0 spiro atoms. The minimum Gasteiger partial charge on any atom is -0.389 e. The first kappa shape index (κ1) is 13.0. The van der Waals surface area contributed by atoms with Gasteiger partial charge in [-0.3, -0.25) is 4.68 Å². The molecule has 0 aliphatic carbocycles. The summed E-state index contributed by atoms with van der Waals surface area (Å²) in [4.78, 5) is 5.75. The van der Waals surface area contributed by atoms with E-state index in [1.165, 1.54) is 4.88 Å². The lowest BCUT2D eigenvalue weighted by Crippen LogP contribution is -2.14. The van der Waals surface area contributed by atoms with Gasteiger partial charge in [0.1, 0.15) is 10.8 Å². The van der Waals surface area contributed by atoms with Crippen LogP contribution in [0.1, 0.15) is 21.1 Å². The van der Waals surface area contributed by atoms with Gasteiger partial charge >= 0.3 is 0 Å². The van der Waals surface area contributed by atoms with E-state index < -0.39 is 0 Å². The Hall–Kier alpha value is -1.47. The van der Waals surface area contributed by atoms with Crippen molar-refractivity contribution in [2.75, 3.05) is 5.32 Å². The SMILES string of the molecule is Cc1ncc(CNc2c(C(N)=S)c(C)nn2C)s1. The minimum atomic E-state index is 0.364. The zero-order valence-electron chi connectivity index (χ0n) is 10.5. The lowest BCUT2D eigenvalue weighted by Gasteiger charge is -2.07. The third-order valence-corrected chi connectivity index (χ3v) is 3.68. The van der Waals surface area contributed by atoms with Crippen LogP contribution in [-0.4, -0.2) is 19.8 Å². The normalized spacial score (nSPS) is 10.6. The summed E-state index contributed by atoms with van der Waals surface area (Å²) >= 11 is 6.73. The smallest absolute Gasteiger partial charge is 0.134 e. The molecule has 0 amide bonds. The summed E-state index contributed by atoms with van der Waals surface area (Å²) in [6, 6.07) is 0. The third kappa shape index (κ3) is 2.51. The quantitative estimate of drug-likeness (QED) is 0.836. The highest BCUT2D eigenvalue weighted by Crippen LogP contribution is 2.20. The van der Waals surface area contributed by atoms with Crippen LogP contribution in [0.5, 0.6) is 0 Å². The number of thiazole rings is 1. The minimum absolute atomic E-state index is 0.364. The number of nitrogens with one attached hydrogen (secondary N) is 1. The van der Waals surface area contributed by atoms with E-state index in [1.54, 1.807) is 16.0 Å². The van der Waals surface area contributed by atoms with Gasteiger partial charge in [0.05, 0.1) is 22.8 Å². The molecule has 7 heteroatoms. The molecular formula is C11H15N5S2. The van der Waals surface area contributed by atoms with Crippen molar-refractivity contribution in [2.24, 2.45) is 12.8 Å². The summed E-state index contributed by atoms with van der Waals surface area (Å²) in [7, 11) is 1.87. The first-order valence-corrected chi connectivity index (χ1v) is 6.70. The van der Waals surface area contributed by atoms with Crippen LogP contribution in [0.3, 0.4) is 0 Å². The van der Waals surface area contributed by atoms with Crippen molar-refractivity contribution in [3.63, 3.8) is 0 Å². The second kappa shape index (κ2) is 5.03. The number of anilines is 1. The van der Waals surface area contributed by atoms with Crippen molar-refractivity contribution in [3.05, 3.63) is 27.3 Å². The topological polar surface area (TPSA) is 68.8 Å². The van der Waals surface area contributed by atoms with Gasteiger partial charge in [0, 0.05) is 18.1 Å². The molecule has 0 aromatic carbocycles. The Labute approximate surface area is 115 Å². The zero-order valence-corrected chi connectivity index (χ0v) is 12.2. The fraction of sp³-hybridized carbons (Fsp3) is 0.364. The average Bonchev–Trinajstić information content (AvgIpc) is 2.79. The van der Waals surface area contributed by atoms with Crippen LogP contribution >= 0.6 is 23.6 Å². The van der Waals surface area contributed by atoms with E-state index in [2.05, 4.69) is 15.4 Å². The number of nitrogens with two attached hydrogens (primary N) is 1. The van der Waals surface area contributed by atoms with E-state index in [1.807, 2.05) is 27.1 Å². The van der Waals surface area contributed by atoms with E-state index in [-0.39, 0.29) is 0 Å². The lowest BCUT2D eigenvalue weighted by atomic mass is 10.2. The molecule has 2 aromatic heterocycles. The summed E-state index contributed by atoms with van der Waals surface area (Å²) in [5.41, 5.74) is 7.38. The van der Waals surface area contributed by atoms with Crippen LogP contribution in [0.4, 0.5) is 5.82 Å². The molecular weight excluding hydrogens is 266 g/mol. The molecule has 0 atom stereocenters. The molecule has 0 saturated carbocycles. The number of thiocarbonyl (C=S) groups is 1.